The molecule has 1 saturated heterocycles. The van der Waals surface area contributed by atoms with E-state index in [1.807, 2.05) is 54.6 Å². The van der Waals surface area contributed by atoms with Gasteiger partial charge in [-0.1, -0.05) is 35.5 Å². The summed E-state index contributed by atoms with van der Waals surface area (Å²) in [5, 5.41) is 1.54. The summed E-state index contributed by atoms with van der Waals surface area (Å²) in [5.41, 5.74) is 1.42. The van der Waals surface area contributed by atoms with Crippen LogP contribution in [0.2, 0.25) is 5.02 Å². The lowest BCUT2D eigenvalue weighted by atomic mass is 10.2. The van der Waals surface area contributed by atoms with E-state index < -0.39 is 0 Å². The minimum absolute atomic E-state index is 0.00524. The van der Waals surface area contributed by atoms with E-state index in [0.29, 0.717) is 23.9 Å². The Morgan fingerprint density at radius 1 is 1.03 bits per heavy atom. The van der Waals surface area contributed by atoms with Crippen molar-refractivity contribution >= 4 is 40.5 Å². The number of thioether (sulfide) groups is 1. The minimum atomic E-state index is -0.00524. The number of hydrogen-bond acceptors (Lipinski definition) is 5. The molecule has 2 aliphatic heterocycles. The van der Waals surface area contributed by atoms with Gasteiger partial charge in [0.25, 0.3) is 5.91 Å². The SMILES string of the molecule is O=C1/C(=C/c2cccc(OCCCCCOc3ccc(Cl)cc3)c2)N=C2SCCCN12. The lowest BCUT2D eigenvalue weighted by Crippen LogP contribution is -2.34. The maximum Gasteiger partial charge on any atom is 0.278 e. The fraction of sp³-hybridized carbons (Fsp3) is 0.333. The number of halogens is 1. The summed E-state index contributed by atoms with van der Waals surface area (Å²) in [4.78, 5) is 18.8. The third-order valence-electron chi connectivity index (χ3n) is 4.97. The summed E-state index contributed by atoms with van der Waals surface area (Å²) in [7, 11) is 0. The summed E-state index contributed by atoms with van der Waals surface area (Å²) in [6.45, 7) is 2.08. The van der Waals surface area contributed by atoms with E-state index in [1.165, 1.54) is 0 Å². The molecule has 0 bridgehead atoms. The molecule has 0 aliphatic carbocycles. The summed E-state index contributed by atoms with van der Waals surface area (Å²) in [6.07, 6.45) is 5.80. The van der Waals surface area contributed by atoms with Crippen molar-refractivity contribution < 1.29 is 14.3 Å². The molecule has 7 heteroatoms. The molecule has 2 aliphatic rings. The van der Waals surface area contributed by atoms with Crippen molar-refractivity contribution in [3.05, 3.63) is 64.8 Å². The zero-order valence-corrected chi connectivity index (χ0v) is 18.8. The maximum absolute atomic E-state index is 12.5. The van der Waals surface area contributed by atoms with Crippen LogP contribution < -0.4 is 9.47 Å². The van der Waals surface area contributed by atoms with E-state index in [4.69, 9.17) is 21.1 Å². The molecule has 0 radical (unpaired) electrons. The summed E-state index contributed by atoms with van der Waals surface area (Å²) < 4.78 is 11.6. The first kappa shape index (κ1) is 21.8. The first-order valence-electron chi connectivity index (χ1n) is 10.6. The lowest BCUT2D eigenvalue weighted by Gasteiger charge is -2.21. The normalized spacial score (nSPS) is 16.9. The molecule has 31 heavy (non-hydrogen) atoms. The van der Waals surface area contributed by atoms with Crippen molar-refractivity contribution in [1.29, 1.82) is 0 Å². The Morgan fingerprint density at radius 2 is 1.81 bits per heavy atom. The molecule has 0 aromatic heterocycles. The molecule has 1 fully saturated rings. The van der Waals surface area contributed by atoms with E-state index in [-0.39, 0.29) is 5.91 Å². The second-order valence-electron chi connectivity index (χ2n) is 7.37. The Balaban J connectivity index is 1.20. The van der Waals surface area contributed by atoms with Gasteiger partial charge in [0, 0.05) is 17.3 Å². The highest BCUT2D eigenvalue weighted by Gasteiger charge is 2.32. The number of rotatable bonds is 9. The zero-order valence-electron chi connectivity index (χ0n) is 17.3. The van der Waals surface area contributed by atoms with E-state index in [9.17, 15) is 4.79 Å². The fourth-order valence-corrected chi connectivity index (χ4v) is 4.44. The first-order valence-corrected chi connectivity index (χ1v) is 11.9. The summed E-state index contributed by atoms with van der Waals surface area (Å²) in [6, 6.07) is 15.2. The number of nitrogens with zero attached hydrogens (tertiary/aromatic N) is 2. The van der Waals surface area contributed by atoms with Crippen molar-refractivity contribution in [2.45, 2.75) is 25.7 Å². The number of fused-ring (bicyclic) bond motifs is 1. The predicted octanol–water partition coefficient (Wildman–Crippen LogP) is 5.64. The zero-order chi connectivity index (χ0) is 21.5. The van der Waals surface area contributed by atoms with Gasteiger partial charge in [-0.2, -0.15) is 0 Å². The molecule has 1 amide bonds. The topological polar surface area (TPSA) is 51.1 Å². The van der Waals surface area contributed by atoms with Crippen molar-refractivity contribution in [1.82, 2.24) is 4.90 Å². The molecule has 2 heterocycles. The van der Waals surface area contributed by atoms with Crippen LogP contribution in [0.5, 0.6) is 11.5 Å². The number of benzene rings is 2. The van der Waals surface area contributed by atoms with Crippen LogP contribution in [0.15, 0.2) is 59.2 Å². The third kappa shape index (κ3) is 6.05. The fourth-order valence-electron chi connectivity index (χ4n) is 3.37. The van der Waals surface area contributed by atoms with Gasteiger partial charge in [-0.25, -0.2) is 4.99 Å². The van der Waals surface area contributed by atoms with Crippen molar-refractivity contribution in [2.24, 2.45) is 4.99 Å². The number of amides is 1. The van der Waals surface area contributed by atoms with Crippen LogP contribution in [-0.2, 0) is 4.79 Å². The highest BCUT2D eigenvalue weighted by molar-refractivity contribution is 8.13. The van der Waals surface area contributed by atoms with Gasteiger partial charge in [-0.3, -0.25) is 9.69 Å². The standard InChI is InChI=1S/C24H25ClN2O3S/c25-19-8-10-20(11-9-19)29-13-2-1-3-14-30-21-7-4-6-18(16-21)17-22-23(28)27-12-5-15-31-24(27)26-22/h4,6-11,16-17H,1-3,5,12-15H2/b22-17-. The minimum Gasteiger partial charge on any atom is -0.494 e. The summed E-state index contributed by atoms with van der Waals surface area (Å²) in [5.74, 6) is 2.66. The smallest absolute Gasteiger partial charge is 0.278 e. The van der Waals surface area contributed by atoms with Gasteiger partial charge in [-0.05, 0) is 73.7 Å². The monoisotopic (exact) mass is 456 g/mol. The third-order valence-corrected chi connectivity index (χ3v) is 6.28. The predicted molar refractivity (Wildman–Crippen MR) is 127 cm³/mol. The molecule has 0 spiro atoms. The van der Waals surface area contributed by atoms with E-state index >= 15 is 0 Å². The van der Waals surface area contributed by atoms with Gasteiger partial charge in [0.15, 0.2) is 5.17 Å². The number of carbonyl (C=O) groups is 1. The highest BCUT2D eigenvalue weighted by atomic mass is 35.5. The van der Waals surface area contributed by atoms with Crippen molar-refractivity contribution in [3.8, 4) is 11.5 Å². The maximum atomic E-state index is 12.5. The Kier molecular flexibility index (Phi) is 7.54. The van der Waals surface area contributed by atoms with Gasteiger partial charge in [0.05, 0.1) is 13.2 Å². The summed E-state index contributed by atoms with van der Waals surface area (Å²) >= 11 is 7.52. The van der Waals surface area contributed by atoms with Gasteiger partial charge in [0.2, 0.25) is 0 Å². The number of aliphatic imine (C=N–C) groups is 1. The van der Waals surface area contributed by atoms with Crippen molar-refractivity contribution in [2.75, 3.05) is 25.5 Å². The van der Waals surface area contributed by atoms with Crippen molar-refractivity contribution in [3.63, 3.8) is 0 Å². The highest BCUT2D eigenvalue weighted by Crippen LogP contribution is 2.28. The van der Waals surface area contributed by atoms with E-state index in [1.54, 1.807) is 16.7 Å². The molecule has 0 unspecified atom stereocenters. The average Bonchev–Trinajstić information content (AvgIpc) is 3.10. The second kappa shape index (κ2) is 10.7. The van der Waals surface area contributed by atoms with E-state index in [0.717, 1.165) is 60.2 Å². The Hall–Kier alpha value is -2.44. The lowest BCUT2D eigenvalue weighted by molar-refractivity contribution is -0.122. The molecule has 5 nitrogen and oxygen atoms in total. The van der Waals surface area contributed by atoms with Crippen LogP contribution in [0.25, 0.3) is 6.08 Å². The molecular weight excluding hydrogens is 432 g/mol. The Morgan fingerprint density at radius 3 is 2.58 bits per heavy atom. The quantitative estimate of drug-likeness (QED) is 0.361. The van der Waals surface area contributed by atoms with Gasteiger partial charge in [-0.15, -0.1) is 0 Å². The van der Waals surface area contributed by atoms with Gasteiger partial charge in [0.1, 0.15) is 17.2 Å². The average molecular weight is 457 g/mol. The number of amidine groups is 1. The van der Waals surface area contributed by atoms with Crippen LogP contribution >= 0.6 is 23.4 Å². The Labute approximate surface area is 192 Å². The molecule has 4 rings (SSSR count). The molecule has 0 saturated carbocycles. The van der Waals surface area contributed by atoms with Crippen LogP contribution in [0, 0.1) is 0 Å². The number of hydrogen-bond donors (Lipinski definition) is 0. The Bertz CT molecular complexity index is 975. The second-order valence-corrected chi connectivity index (χ2v) is 8.87. The molecule has 2 aromatic rings. The van der Waals surface area contributed by atoms with Crippen LogP contribution in [-0.4, -0.2) is 41.5 Å². The van der Waals surface area contributed by atoms with E-state index in [2.05, 4.69) is 4.99 Å². The van der Waals surface area contributed by atoms with Crippen LogP contribution in [0.3, 0.4) is 0 Å². The first-order chi connectivity index (χ1) is 15.2. The van der Waals surface area contributed by atoms with Gasteiger partial charge >= 0.3 is 0 Å². The van der Waals surface area contributed by atoms with Gasteiger partial charge < -0.3 is 9.47 Å². The molecular formula is C24H25ClN2O3S. The van der Waals surface area contributed by atoms with Crippen LogP contribution in [0.1, 0.15) is 31.2 Å². The number of carbonyl (C=O) groups excluding carboxylic acids is 1. The number of ether oxygens (including phenoxy) is 2. The number of unbranched alkanes of at least 4 members (excludes halogenated alkanes) is 2. The molecule has 0 N–H and O–H groups in total. The largest absolute Gasteiger partial charge is 0.494 e. The molecule has 162 valence electrons. The molecule has 0 atom stereocenters. The molecule has 2 aromatic carbocycles. The van der Waals surface area contributed by atoms with Crippen LogP contribution in [0.4, 0.5) is 0 Å².